The monoisotopic (exact) mass is 834 g/mol. The number of hydrogen-bond acceptors (Lipinski definition) is 13. The molecule has 19 nitrogen and oxygen atoms in total. The van der Waals surface area contributed by atoms with Crippen molar-refractivity contribution >= 4 is 69.2 Å². The minimum atomic E-state index is -1.43. The number of carboxylic acids is 1. The van der Waals surface area contributed by atoms with Gasteiger partial charge in [0.2, 0.25) is 5.91 Å². The number of anilines is 4. The highest BCUT2D eigenvalue weighted by atomic mass is 19.1. The van der Waals surface area contributed by atoms with Crippen molar-refractivity contribution < 1.29 is 62.4 Å². The van der Waals surface area contributed by atoms with Gasteiger partial charge in [-0.2, -0.15) is 0 Å². The van der Waals surface area contributed by atoms with E-state index in [0.29, 0.717) is 0 Å². The number of aromatic carboxylic acids is 1. The molecule has 0 unspecified atom stereocenters. The van der Waals surface area contributed by atoms with Crippen LogP contribution >= 0.6 is 0 Å². The van der Waals surface area contributed by atoms with E-state index in [2.05, 4.69) is 31.6 Å². The Kier molecular flexibility index (Phi) is 12.2. The van der Waals surface area contributed by atoms with Gasteiger partial charge in [-0.05, 0) is 78.9 Å². The van der Waals surface area contributed by atoms with Crippen molar-refractivity contribution in [2.24, 2.45) is 0 Å². The number of halogens is 1. The van der Waals surface area contributed by atoms with Gasteiger partial charge in [0.1, 0.15) is 22.7 Å². The Morgan fingerprint density at radius 1 is 0.689 bits per heavy atom. The molecule has 4 aromatic carbocycles. The number of fused-ring (bicyclic) bond motifs is 1. The topological polar surface area (TPSA) is 285 Å². The zero-order chi connectivity index (χ0) is 44.0. The van der Waals surface area contributed by atoms with Gasteiger partial charge in [-0.1, -0.05) is 0 Å². The number of ether oxygens (including phenoxy) is 2. The molecule has 61 heavy (non-hydrogen) atoms. The first kappa shape index (κ1) is 41.8. The second-order valence-corrected chi connectivity index (χ2v) is 12.6. The molecule has 5 amide bonds. The summed E-state index contributed by atoms with van der Waals surface area (Å²) in [5.74, 6) is -8.06. The Hall–Kier alpha value is -8.81. The first-order valence-corrected chi connectivity index (χ1v) is 17.5. The maximum atomic E-state index is 13.5. The fourth-order valence-corrected chi connectivity index (χ4v) is 5.69. The highest BCUT2D eigenvalue weighted by Crippen LogP contribution is 2.40. The number of phenols is 2. The van der Waals surface area contributed by atoms with Crippen LogP contribution in [0, 0.1) is 5.82 Å². The Balaban J connectivity index is 1.00. The number of phenolic OH excluding ortho intramolecular Hbond substituents is 1. The predicted molar refractivity (Wildman–Crippen MR) is 214 cm³/mol. The number of carbonyl (C=O) groups is 6. The van der Waals surface area contributed by atoms with Crippen LogP contribution in [0.2, 0.25) is 0 Å². The quantitative estimate of drug-likeness (QED) is 0.0791. The van der Waals surface area contributed by atoms with Gasteiger partial charge >= 0.3 is 5.97 Å². The number of pyridine rings is 1. The Bertz CT molecular complexity index is 2810. The molecule has 8 N–H and O–H groups in total. The number of carboxylic acid groups (broad SMARTS) is 1. The standard InChI is InChI=1S/C41H31FN6O13/c1-59-35-27(12-9-23(33(35)51)38(54)47-26-13-10-24(41(57)58)34(52)36(26)60-2)48-39(55)28-11-8-22(17-43-28)45-32(50)18-44-37(53)19-3-6-21(7-4-19)46-40(56)31-16-29(49)25-15-20(42)5-14-30(25)61-31/h3-17,51-52H,18H2,1-2H3,(H,44,53)(H,45,50)(H,46,56)(H,47,54)(H,48,55)(H,57,58). The molecule has 0 saturated carbocycles. The van der Waals surface area contributed by atoms with Crippen molar-refractivity contribution in [3.05, 3.63) is 135 Å². The summed E-state index contributed by atoms with van der Waals surface area (Å²) in [5.41, 5.74) is -1.04. The summed E-state index contributed by atoms with van der Waals surface area (Å²) in [5, 5.41) is 42.8. The lowest BCUT2D eigenvalue weighted by molar-refractivity contribution is -0.115. The molecular weight excluding hydrogens is 803 g/mol. The van der Waals surface area contributed by atoms with Crippen LogP contribution in [0.1, 0.15) is 52.1 Å². The molecule has 6 rings (SSSR count). The fourth-order valence-electron chi connectivity index (χ4n) is 5.69. The van der Waals surface area contributed by atoms with Crippen molar-refractivity contribution in [3.63, 3.8) is 0 Å². The first-order valence-electron chi connectivity index (χ1n) is 17.5. The van der Waals surface area contributed by atoms with Crippen LogP contribution in [-0.4, -0.2) is 76.6 Å². The highest BCUT2D eigenvalue weighted by molar-refractivity contribution is 6.10. The van der Waals surface area contributed by atoms with E-state index >= 15 is 0 Å². The Morgan fingerprint density at radius 2 is 1.31 bits per heavy atom. The van der Waals surface area contributed by atoms with Gasteiger partial charge in [0.15, 0.2) is 34.2 Å². The molecule has 0 aliphatic carbocycles. The smallest absolute Gasteiger partial charge is 0.339 e. The van der Waals surface area contributed by atoms with Crippen LogP contribution in [-0.2, 0) is 4.79 Å². The first-order chi connectivity index (χ1) is 29.2. The lowest BCUT2D eigenvalue weighted by Gasteiger charge is -2.16. The summed E-state index contributed by atoms with van der Waals surface area (Å²) in [6, 6.07) is 17.2. The molecule has 0 saturated heterocycles. The van der Waals surface area contributed by atoms with Gasteiger partial charge in [-0.15, -0.1) is 0 Å². The third kappa shape index (κ3) is 9.33. The lowest BCUT2D eigenvalue weighted by Crippen LogP contribution is -2.32. The number of amides is 5. The van der Waals surface area contributed by atoms with E-state index in [0.717, 1.165) is 31.4 Å². The lowest BCUT2D eigenvalue weighted by atomic mass is 10.1. The normalized spacial score (nSPS) is 10.6. The third-order valence-corrected chi connectivity index (χ3v) is 8.65. The number of nitrogens with zero attached hydrogens (tertiary/aromatic N) is 1. The van der Waals surface area contributed by atoms with Gasteiger partial charge in [0, 0.05) is 17.3 Å². The summed E-state index contributed by atoms with van der Waals surface area (Å²) < 4.78 is 29.2. The van der Waals surface area contributed by atoms with Gasteiger partial charge in [0.25, 0.3) is 23.6 Å². The SMILES string of the molecule is COc1c(NC(=O)c2ccc(NC(=O)c3ccc(NC(=O)CNC(=O)c4ccc(NC(=O)c5cc(=O)c6cc(F)ccc6o5)cc4)cn3)c(OC)c2O)ccc(C(=O)O)c1O. The Morgan fingerprint density at radius 3 is 1.93 bits per heavy atom. The maximum absolute atomic E-state index is 13.5. The number of methoxy groups -OCH3 is 2. The Labute approximate surface area is 341 Å². The second kappa shape index (κ2) is 17.8. The summed E-state index contributed by atoms with van der Waals surface area (Å²) in [6.07, 6.45) is 1.18. The van der Waals surface area contributed by atoms with Gasteiger partial charge < -0.3 is 55.8 Å². The highest BCUT2D eigenvalue weighted by Gasteiger charge is 2.24. The molecule has 20 heteroatoms. The van der Waals surface area contributed by atoms with Crippen LogP contribution in [0.3, 0.4) is 0 Å². The van der Waals surface area contributed by atoms with Crippen molar-refractivity contribution in [3.8, 4) is 23.0 Å². The second-order valence-electron chi connectivity index (χ2n) is 12.6. The summed E-state index contributed by atoms with van der Waals surface area (Å²) >= 11 is 0. The number of carbonyl (C=O) groups excluding carboxylic acids is 5. The maximum Gasteiger partial charge on any atom is 0.339 e. The molecule has 2 aromatic heterocycles. The molecule has 0 fully saturated rings. The molecule has 0 bridgehead atoms. The molecule has 310 valence electrons. The summed E-state index contributed by atoms with van der Waals surface area (Å²) in [6.45, 7) is -0.450. The molecule has 0 aliphatic rings. The molecule has 0 radical (unpaired) electrons. The minimum Gasteiger partial charge on any atom is -0.504 e. The van der Waals surface area contributed by atoms with E-state index in [1.165, 1.54) is 74.0 Å². The zero-order valence-corrected chi connectivity index (χ0v) is 31.6. The van der Waals surface area contributed by atoms with E-state index in [1.807, 2.05) is 0 Å². The number of benzene rings is 4. The molecule has 2 heterocycles. The van der Waals surface area contributed by atoms with E-state index < -0.39 is 70.4 Å². The van der Waals surface area contributed by atoms with Gasteiger partial charge in [0.05, 0.1) is 55.0 Å². The average Bonchev–Trinajstić information content (AvgIpc) is 3.23. The van der Waals surface area contributed by atoms with Crippen LogP contribution < -0.4 is 41.5 Å². The number of aromatic hydroxyl groups is 2. The average molecular weight is 835 g/mol. The van der Waals surface area contributed by atoms with Crippen LogP contribution in [0.15, 0.2) is 100 Å². The van der Waals surface area contributed by atoms with E-state index in [-0.39, 0.29) is 67.8 Å². The van der Waals surface area contributed by atoms with Crippen molar-refractivity contribution in [1.29, 1.82) is 0 Å². The van der Waals surface area contributed by atoms with E-state index in [1.54, 1.807) is 0 Å². The minimum absolute atomic E-state index is 0.0212. The van der Waals surface area contributed by atoms with Crippen LogP contribution in [0.4, 0.5) is 27.1 Å². The van der Waals surface area contributed by atoms with Gasteiger partial charge in [-0.3, -0.25) is 28.8 Å². The van der Waals surface area contributed by atoms with Crippen LogP contribution in [0.25, 0.3) is 11.0 Å². The molecule has 0 atom stereocenters. The summed E-state index contributed by atoms with van der Waals surface area (Å²) in [4.78, 5) is 91.7. The molecular formula is C41H31FN6O13. The molecule has 0 spiro atoms. The predicted octanol–water partition coefficient (Wildman–Crippen LogP) is 4.58. The van der Waals surface area contributed by atoms with E-state index in [4.69, 9.17) is 13.9 Å². The van der Waals surface area contributed by atoms with Gasteiger partial charge in [-0.25, -0.2) is 14.2 Å². The van der Waals surface area contributed by atoms with Crippen molar-refractivity contribution in [2.75, 3.05) is 42.0 Å². The number of hydrogen-bond donors (Lipinski definition) is 8. The van der Waals surface area contributed by atoms with Crippen molar-refractivity contribution in [1.82, 2.24) is 10.3 Å². The van der Waals surface area contributed by atoms with Crippen LogP contribution in [0.5, 0.6) is 23.0 Å². The number of nitrogens with one attached hydrogen (secondary N) is 5. The largest absolute Gasteiger partial charge is 0.504 e. The zero-order valence-electron chi connectivity index (χ0n) is 31.6. The summed E-state index contributed by atoms with van der Waals surface area (Å²) in [7, 11) is 2.33. The molecule has 0 aliphatic heterocycles. The number of rotatable bonds is 13. The third-order valence-electron chi connectivity index (χ3n) is 8.65. The van der Waals surface area contributed by atoms with Crippen molar-refractivity contribution in [2.45, 2.75) is 0 Å². The number of aromatic nitrogens is 1. The van der Waals surface area contributed by atoms with E-state index in [9.17, 15) is 53.3 Å². The fraction of sp³-hybridized carbons (Fsp3) is 0.0732. The molecule has 6 aromatic rings.